The second-order valence-corrected chi connectivity index (χ2v) is 8.13. The van der Waals surface area contributed by atoms with Gasteiger partial charge in [0.1, 0.15) is 0 Å². The molecule has 1 saturated heterocycles. The number of halogens is 1. The lowest BCUT2D eigenvalue weighted by Crippen LogP contribution is -2.29. The third-order valence-electron chi connectivity index (χ3n) is 4.73. The van der Waals surface area contributed by atoms with E-state index < -0.39 is 0 Å². The van der Waals surface area contributed by atoms with Crippen LogP contribution in [0.1, 0.15) is 17.7 Å². The lowest BCUT2D eigenvalue weighted by atomic mass is 10.1. The van der Waals surface area contributed by atoms with E-state index >= 15 is 0 Å². The first kappa shape index (κ1) is 19.6. The summed E-state index contributed by atoms with van der Waals surface area (Å²) in [5.74, 6) is -0.225. The number of aryl methyl sites for hydroxylation is 1. The number of aromatic nitrogens is 1. The van der Waals surface area contributed by atoms with Crippen LogP contribution in [0, 0.1) is 0 Å². The monoisotopic (exact) mass is 422 g/mol. The van der Waals surface area contributed by atoms with Crippen molar-refractivity contribution < 1.29 is 9.59 Å². The zero-order valence-corrected chi connectivity index (χ0v) is 17.2. The van der Waals surface area contributed by atoms with Gasteiger partial charge in [-0.15, -0.1) is 0 Å². The molecule has 4 nitrogen and oxygen atoms in total. The highest BCUT2D eigenvalue weighted by molar-refractivity contribution is 8.18. The van der Waals surface area contributed by atoms with Gasteiger partial charge in [-0.2, -0.15) is 0 Å². The van der Waals surface area contributed by atoms with E-state index in [1.165, 1.54) is 10.5 Å². The van der Waals surface area contributed by atoms with E-state index in [9.17, 15) is 9.59 Å². The summed E-state index contributed by atoms with van der Waals surface area (Å²) in [7, 11) is 0. The minimum atomic E-state index is -0.225. The number of carbonyl (C=O) groups excluding carboxylic acids is 2. The summed E-state index contributed by atoms with van der Waals surface area (Å²) in [6.07, 6.45) is 5.27. The molecule has 0 bridgehead atoms. The van der Waals surface area contributed by atoms with Crippen LogP contribution in [0.2, 0.25) is 5.02 Å². The predicted octanol–water partition coefficient (Wildman–Crippen LogP) is 5.80. The standard InChI is InChI=1S/C23H19ClN2O2S/c24-18-10-12-19(13-11-18)25-14-5-9-20(25)16-21-22(27)26(23(28)29-21)15-4-8-17-6-2-1-3-7-17/h1-3,5-7,9-14,16H,4,8,15H2/b21-16+. The third-order valence-corrected chi connectivity index (χ3v) is 5.89. The van der Waals surface area contributed by atoms with E-state index in [0.717, 1.165) is 36.0 Å². The molecule has 0 N–H and O–H groups in total. The molecular formula is C23H19ClN2O2S. The Morgan fingerprint density at radius 3 is 2.45 bits per heavy atom. The van der Waals surface area contributed by atoms with Crippen LogP contribution in [0.3, 0.4) is 0 Å². The average molecular weight is 423 g/mol. The van der Waals surface area contributed by atoms with Crippen LogP contribution in [0.4, 0.5) is 4.79 Å². The quantitative estimate of drug-likeness (QED) is 0.471. The minimum Gasteiger partial charge on any atom is -0.317 e. The Hall–Kier alpha value is -2.76. The number of imide groups is 1. The number of nitrogens with zero attached hydrogens (tertiary/aromatic N) is 2. The van der Waals surface area contributed by atoms with E-state index in [1.54, 1.807) is 6.08 Å². The van der Waals surface area contributed by atoms with Crippen LogP contribution in [-0.4, -0.2) is 27.2 Å². The second-order valence-electron chi connectivity index (χ2n) is 6.70. The van der Waals surface area contributed by atoms with Gasteiger partial charge < -0.3 is 4.57 Å². The number of carbonyl (C=O) groups is 2. The van der Waals surface area contributed by atoms with Crippen LogP contribution in [0.15, 0.2) is 77.8 Å². The highest BCUT2D eigenvalue weighted by Gasteiger charge is 2.34. The van der Waals surface area contributed by atoms with E-state index in [4.69, 9.17) is 11.6 Å². The summed E-state index contributed by atoms with van der Waals surface area (Å²) < 4.78 is 1.96. The van der Waals surface area contributed by atoms with Crippen LogP contribution in [0.25, 0.3) is 11.8 Å². The minimum absolute atomic E-state index is 0.209. The first-order valence-electron chi connectivity index (χ1n) is 9.34. The van der Waals surface area contributed by atoms with Crippen molar-refractivity contribution in [1.82, 2.24) is 9.47 Å². The number of benzene rings is 2. The van der Waals surface area contributed by atoms with Crippen LogP contribution >= 0.6 is 23.4 Å². The molecule has 146 valence electrons. The highest BCUT2D eigenvalue weighted by atomic mass is 35.5. The molecule has 0 saturated carbocycles. The summed E-state index contributed by atoms with van der Waals surface area (Å²) in [6.45, 7) is 0.426. The van der Waals surface area contributed by atoms with Crippen LogP contribution in [0.5, 0.6) is 0 Å². The summed E-state index contributed by atoms with van der Waals surface area (Å²) >= 11 is 6.97. The maximum absolute atomic E-state index is 12.8. The largest absolute Gasteiger partial charge is 0.317 e. The molecule has 0 spiro atoms. The van der Waals surface area contributed by atoms with Crippen LogP contribution in [-0.2, 0) is 11.2 Å². The van der Waals surface area contributed by atoms with Gasteiger partial charge in [0.2, 0.25) is 0 Å². The lowest BCUT2D eigenvalue weighted by molar-refractivity contribution is -0.122. The van der Waals surface area contributed by atoms with Gasteiger partial charge in [-0.05, 0) is 72.6 Å². The fourth-order valence-corrected chi connectivity index (χ4v) is 4.24. The van der Waals surface area contributed by atoms with Gasteiger partial charge in [-0.3, -0.25) is 14.5 Å². The molecular weight excluding hydrogens is 404 g/mol. The maximum atomic E-state index is 12.8. The Kier molecular flexibility index (Phi) is 5.88. The molecule has 6 heteroatoms. The van der Waals surface area contributed by atoms with Gasteiger partial charge in [0.25, 0.3) is 11.1 Å². The van der Waals surface area contributed by atoms with Crippen molar-refractivity contribution >= 4 is 40.6 Å². The number of hydrogen-bond acceptors (Lipinski definition) is 3. The SMILES string of the molecule is O=C1S/C(=C/c2cccn2-c2ccc(Cl)cc2)C(=O)N1CCCc1ccccc1. The van der Waals surface area contributed by atoms with Crippen molar-refractivity contribution in [3.63, 3.8) is 0 Å². The van der Waals surface area contributed by atoms with E-state index in [2.05, 4.69) is 12.1 Å². The Morgan fingerprint density at radius 2 is 1.69 bits per heavy atom. The van der Waals surface area contributed by atoms with Gasteiger partial charge in [-0.25, -0.2) is 0 Å². The zero-order chi connectivity index (χ0) is 20.2. The maximum Gasteiger partial charge on any atom is 0.293 e. The molecule has 1 aliphatic heterocycles. The molecule has 29 heavy (non-hydrogen) atoms. The van der Waals surface area contributed by atoms with E-state index in [-0.39, 0.29) is 11.1 Å². The Balaban J connectivity index is 1.47. The fraction of sp³-hybridized carbons (Fsp3) is 0.130. The molecule has 0 radical (unpaired) electrons. The molecule has 0 unspecified atom stereocenters. The summed E-state index contributed by atoms with van der Waals surface area (Å²) in [5, 5.41) is 0.456. The van der Waals surface area contributed by atoms with E-state index in [0.29, 0.717) is 16.5 Å². The van der Waals surface area contributed by atoms with Gasteiger partial charge in [0.15, 0.2) is 0 Å². The molecule has 2 aromatic carbocycles. The van der Waals surface area contributed by atoms with Crippen molar-refractivity contribution in [3.8, 4) is 5.69 Å². The average Bonchev–Trinajstić information content (AvgIpc) is 3.29. The molecule has 0 aliphatic carbocycles. The zero-order valence-electron chi connectivity index (χ0n) is 15.6. The molecule has 4 rings (SSSR count). The third kappa shape index (κ3) is 4.47. The van der Waals surface area contributed by atoms with Gasteiger partial charge in [-0.1, -0.05) is 41.9 Å². The number of hydrogen-bond donors (Lipinski definition) is 0. The Morgan fingerprint density at radius 1 is 0.931 bits per heavy atom. The van der Waals surface area contributed by atoms with Crippen LogP contribution < -0.4 is 0 Å². The first-order valence-corrected chi connectivity index (χ1v) is 10.5. The molecule has 1 aliphatic rings. The summed E-state index contributed by atoms with van der Waals surface area (Å²) in [5.41, 5.74) is 2.98. The Bertz CT molecular complexity index is 1060. The van der Waals surface area contributed by atoms with E-state index in [1.807, 2.05) is 65.4 Å². The van der Waals surface area contributed by atoms with Crippen molar-refractivity contribution in [1.29, 1.82) is 0 Å². The number of amides is 2. The lowest BCUT2D eigenvalue weighted by Gasteiger charge is -2.12. The van der Waals surface area contributed by atoms with Crippen molar-refractivity contribution in [2.24, 2.45) is 0 Å². The summed E-state index contributed by atoms with van der Waals surface area (Å²) in [4.78, 5) is 26.9. The first-order chi connectivity index (χ1) is 14.1. The smallest absolute Gasteiger partial charge is 0.293 e. The van der Waals surface area contributed by atoms with Gasteiger partial charge in [0.05, 0.1) is 4.91 Å². The second kappa shape index (κ2) is 8.72. The molecule has 1 fully saturated rings. The topological polar surface area (TPSA) is 42.3 Å². The number of thioether (sulfide) groups is 1. The molecule has 0 atom stereocenters. The fourth-order valence-electron chi connectivity index (χ4n) is 3.26. The molecule has 2 heterocycles. The Labute approximate surface area is 178 Å². The normalized spacial score (nSPS) is 15.5. The van der Waals surface area contributed by atoms with Crippen molar-refractivity contribution in [2.45, 2.75) is 12.8 Å². The number of rotatable bonds is 6. The molecule has 2 amide bonds. The van der Waals surface area contributed by atoms with Gasteiger partial charge >= 0.3 is 0 Å². The van der Waals surface area contributed by atoms with Crippen molar-refractivity contribution in [2.75, 3.05) is 6.54 Å². The van der Waals surface area contributed by atoms with Crippen molar-refractivity contribution in [3.05, 3.63) is 94.1 Å². The highest BCUT2D eigenvalue weighted by Crippen LogP contribution is 2.33. The predicted molar refractivity (Wildman–Crippen MR) is 118 cm³/mol. The molecule has 1 aromatic heterocycles. The molecule has 3 aromatic rings. The van der Waals surface area contributed by atoms with Gasteiger partial charge in [0, 0.05) is 29.1 Å². The summed E-state index contributed by atoms with van der Waals surface area (Å²) in [6, 6.07) is 21.4.